The van der Waals surface area contributed by atoms with Gasteiger partial charge in [0.05, 0.1) is 17.9 Å². The molecule has 1 aromatic carbocycles. The summed E-state index contributed by atoms with van der Waals surface area (Å²) in [6, 6.07) is 6.97. The Hall–Kier alpha value is -2.06. The first-order valence-electron chi connectivity index (χ1n) is 9.12. The van der Waals surface area contributed by atoms with Crippen molar-refractivity contribution >= 4 is 35.2 Å². The van der Waals surface area contributed by atoms with Crippen molar-refractivity contribution in [3.63, 3.8) is 0 Å². The second-order valence-electron chi connectivity index (χ2n) is 6.67. The van der Waals surface area contributed by atoms with Crippen LogP contribution in [0.4, 0.5) is 0 Å². The van der Waals surface area contributed by atoms with Gasteiger partial charge in [0.1, 0.15) is 5.82 Å². The third-order valence-corrected chi connectivity index (χ3v) is 5.17. The minimum atomic E-state index is -0.591. The van der Waals surface area contributed by atoms with Gasteiger partial charge >= 0.3 is 5.97 Å². The predicted molar refractivity (Wildman–Crippen MR) is 109 cm³/mol. The van der Waals surface area contributed by atoms with Crippen LogP contribution in [0.2, 0.25) is 5.02 Å². The molecule has 9 heteroatoms. The lowest BCUT2D eigenvalue weighted by molar-refractivity contribution is -0.121. The molecule has 28 heavy (non-hydrogen) atoms. The lowest BCUT2D eigenvalue weighted by Crippen LogP contribution is -2.35. The molecule has 2 atom stereocenters. The smallest absolute Gasteiger partial charge is 0.378 e. The number of ether oxygens (including phenoxy) is 1. The molecule has 0 saturated carbocycles. The number of thioether (sulfide) groups is 1. The molecule has 2 rings (SSSR count). The number of hydrogen-bond donors (Lipinski definition) is 2. The van der Waals surface area contributed by atoms with Crippen LogP contribution >= 0.6 is 23.4 Å². The van der Waals surface area contributed by atoms with E-state index in [9.17, 15) is 9.59 Å². The topological polar surface area (TPSA) is 97.0 Å². The SMILES string of the molecule is CCOC(=O)c1n[nH]c(C(CC(C)C)NC(=O)C(C)Sc2ccc(Cl)cc2)n1. The zero-order chi connectivity index (χ0) is 20.7. The standard InChI is InChI=1S/C19H25ClN4O3S/c1-5-27-19(26)17-22-16(23-24-17)15(10-11(2)3)21-18(25)12(4)28-14-8-6-13(20)7-9-14/h6-9,11-12,15H,5,10H2,1-4H3,(H,21,25)(H,22,23,24). The van der Waals surface area contributed by atoms with Gasteiger partial charge in [0.25, 0.3) is 5.82 Å². The minimum Gasteiger partial charge on any atom is -0.460 e. The number of benzene rings is 1. The Balaban J connectivity index is 2.07. The molecular weight excluding hydrogens is 400 g/mol. The van der Waals surface area contributed by atoms with Crippen LogP contribution in [-0.4, -0.2) is 38.9 Å². The van der Waals surface area contributed by atoms with Gasteiger partial charge in [0.2, 0.25) is 5.91 Å². The lowest BCUT2D eigenvalue weighted by atomic mass is 10.0. The summed E-state index contributed by atoms with van der Waals surface area (Å²) in [5.74, 6) is -0.0103. The van der Waals surface area contributed by atoms with Crippen LogP contribution in [0.25, 0.3) is 0 Å². The van der Waals surface area contributed by atoms with Crippen molar-refractivity contribution in [3.05, 3.63) is 40.9 Å². The van der Waals surface area contributed by atoms with Gasteiger partial charge in [0.15, 0.2) is 0 Å². The molecule has 0 saturated heterocycles. The summed E-state index contributed by atoms with van der Waals surface area (Å²) < 4.78 is 4.91. The van der Waals surface area contributed by atoms with E-state index in [4.69, 9.17) is 16.3 Å². The molecule has 0 radical (unpaired) electrons. The van der Waals surface area contributed by atoms with E-state index in [1.54, 1.807) is 19.1 Å². The van der Waals surface area contributed by atoms with Gasteiger partial charge in [-0.2, -0.15) is 0 Å². The highest BCUT2D eigenvalue weighted by Gasteiger charge is 2.25. The summed E-state index contributed by atoms with van der Waals surface area (Å²) >= 11 is 7.34. The number of carbonyl (C=O) groups excluding carboxylic acids is 2. The van der Waals surface area contributed by atoms with Crippen LogP contribution in [0.3, 0.4) is 0 Å². The van der Waals surface area contributed by atoms with Gasteiger partial charge in [-0.3, -0.25) is 9.89 Å². The molecule has 1 heterocycles. The van der Waals surface area contributed by atoms with E-state index in [1.807, 2.05) is 32.9 Å². The maximum absolute atomic E-state index is 12.7. The number of H-pyrrole nitrogens is 1. The summed E-state index contributed by atoms with van der Waals surface area (Å²) in [7, 11) is 0. The molecule has 0 fully saturated rings. The molecule has 1 aromatic heterocycles. The van der Waals surface area contributed by atoms with Gasteiger partial charge < -0.3 is 10.1 Å². The van der Waals surface area contributed by atoms with Crippen LogP contribution in [0.15, 0.2) is 29.2 Å². The first kappa shape index (κ1) is 22.2. The normalized spacial score (nSPS) is 13.2. The second kappa shape index (κ2) is 10.5. The first-order valence-corrected chi connectivity index (χ1v) is 10.4. The molecule has 2 unspecified atom stereocenters. The number of halogens is 1. The van der Waals surface area contributed by atoms with Crippen LogP contribution in [0.1, 0.15) is 56.6 Å². The molecule has 2 aromatic rings. The number of amides is 1. The van der Waals surface area contributed by atoms with E-state index < -0.39 is 5.97 Å². The predicted octanol–water partition coefficient (Wildman–Crippen LogP) is 4.02. The number of rotatable bonds is 9. The fraction of sp³-hybridized carbons (Fsp3) is 0.474. The highest BCUT2D eigenvalue weighted by Crippen LogP contribution is 2.26. The van der Waals surface area contributed by atoms with Crippen LogP contribution < -0.4 is 5.32 Å². The highest BCUT2D eigenvalue weighted by atomic mass is 35.5. The van der Waals surface area contributed by atoms with Gasteiger partial charge in [-0.25, -0.2) is 9.78 Å². The van der Waals surface area contributed by atoms with Crippen molar-refractivity contribution < 1.29 is 14.3 Å². The molecule has 2 N–H and O–H groups in total. The molecule has 0 bridgehead atoms. The van der Waals surface area contributed by atoms with E-state index in [2.05, 4.69) is 20.5 Å². The van der Waals surface area contributed by atoms with E-state index >= 15 is 0 Å². The third kappa shape index (κ3) is 6.53. The quantitative estimate of drug-likeness (QED) is 0.466. The summed E-state index contributed by atoms with van der Waals surface area (Å²) in [4.78, 5) is 29.7. The van der Waals surface area contributed by atoms with Crippen molar-refractivity contribution in [1.29, 1.82) is 0 Å². The maximum atomic E-state index is 12.7. The molecule has 0 aliphatic heterocycles. The average Bonchev–Trinajstić information content (AvgIpc) is 3.13. The third-order valence-electron chi connectivity index (χ3n) is 3.81. The molecule has 7 nitrogen and oxygen atoms in total. The van der Waals surface area contributed by atoms with Crippen LogP contribution in [0.5, 0.6) is 0 Å². The number of carbonyl (C=O) groups is 2. The molecule has 0 aliphatic carbocycles. The largest absolute Gasteiger partial charge is 0.460 e. The van der Waals surface area contributed by atoms with Crippen molar-refractivity contribution in [3.8, 4) is 0 Å². The fourth-order valence-electron chi connectivity index (χ4n) is 2.49. The van der Waals surface area contributed by atoms with E-state index in [0.29, 0.717) is 23.2 Å². The fourth-order valence-corrected chi connectivity index (χ4v) is 3.49. The van der Waals surface area contributed by atoms with E-state index in [0.717, 1.165) is 4.90 Å². The second-order valence-corrected chi connectivity index (χ2v) is 8.52. The van der Waals surface area contributed by atoms with Crippen LogP contribution in [0, 0.1) is 5.92 Å². The molecule has 0 spiro atoms. The Morgan fingerprint density at radius 1 is 1.25 bits per heavy atom. The summed E-state index contributed by atoms with van der Waals surface area (Å²) in [5.41, 5.74) is 0. The van der Waals surface area contributed by atoms with Gasteiger partial charge in [-0.1, -0.05) is 25.4 Å². The number of nitrogens with one attached hydrogen (secondary N) is 2. The number of esters is 1. The van der Waals surface area contributed by atoms with Gasteiger partial charge in [-0.05, 0) is 50.5 Å². The summed E-state index contributed by atoms with van der Waals surface area (Å²) in [6.07, 6.45) is 0.654. The molecular formula is C19H25ClN4O3S. The highest BCUT2D eigenvalue weighted by molar-refractivity contribution is 8.00. The van der Waals surface area contributed by atoms with Crippen molar-refractivity contribution in [1.82, 2.24) is 20.5 Å². The van der Waals surface area contributed by atoms with Crippen molar-refractivity contribution in [2.24, 2.45) is 5.92 Å². The molecule has 0 aliphatic rings. The van der Waals surface area contributed by atoms with Crippen molar-refractivity contribution in [2.45, 2.75) is 50.3 Å². The summed E-state index contributed by atoms with van der Waals surface area (Å²) in [6.45, 7) is 7.90. The Morgan fingerprint density at radius 2 is 1.93 bits per heavy atom. The van der Waals surface area contributed by atoms with E-state index in [-0.39, 0.29) is 29.6 Å². The minimum absolute atomic E-state index is 0.0385. The van der Waals surface area contributed by atoms with Gasteiger partial charge in [-0.15, -0.1) is 16.9 Å². The number of nitrogens with zero attached hydrogens (tertiary/aromatic N) is 2. The van der Waals surface area contributed by atoms with Gasteiger partial charge in [0, 0.05) is 9.92 Å². The Morgan fingerprint density at radius 3 is 2.54 bits per heavy atom. The molecule has 152 valence electrons. The first-order chi connectivity index (χ1) is 13.3. The number of hydrogen-bond acceptors (Lipinski definition) is 6. The Bertz CT molecular complexity index is 795. The summed E-state index contributed by atoms with van der Waals surface area (Å²) in [5, 5.41) is 10.0. The van der Waals surface area contributed by atoms with E-state index in [1.165, 1.54) is 11.8 Å². The monoisotopic (exact) mass is 424 g/mol. The average molecular weight is 425 g/mol. The van der Waals surface area contributed by atoms with Crippen LogP contribution in [-0.2, 0) is 9.53 Å². The number of aromatic amines is 1. The Labute approximate surface area is 174 Å². The zero-order valence-corrected chi connectivity index (χ0v) is 17.9. The van der Waals surface area contributed by atoms with Crippen molar-refractivity contribution in [2.75, 3.05) is 6.61 Å². The lowest BCUT2D eigenvalue weighted by Gasteiger charge is -2.20. The maximum Gasteiger partial charge on any atom is 0.378 e. The molecule has 1 amide bonds. The Kier molecular flexibility index (Phi) is 8.32. The zero-order valence-electron chi connectivity index (χ0n) is 16.4. The number of aromatic nitrogens is 3.